The topological polar surface area (TPSA) is 69.0 Å². The van der Waals surface area contributed by atoms with Gasteiger partial charge in [-0.1, -0.05) is 41.6 Å². The molecule has 0 fully saturated rings. The minimum absolute atomic E-state index is 0.136. The van der Waals surface area contributed by atoms with Gasteiger partial charge >= 0.3 is 0 Å². The minimum Gasteiger partial charge on any atom is -0.481 e. The highest BCUT2D eigenvalue weighted by Crippen LogP contribution is 2.29. The van der Waals surface area contributed by atoms with Gasteiger partial charge in [-0.05, 0) is 37.3 Å². The standard InChI is InChI=1S/C19H18ClFN4O2S/c1-12(27-16-9-8-13(21)10-15(16)20)18-23-24-19(25(18)2)28-11-17(26)22-14-6-4-3-5-7-14/h3-10,12H,11H2,1-2H3,(H,22,26). The zero-order chi connectivity index (χ0) is 20.1. The largest absolute Gasteiger partial charge is 0.481 e. The second-order valence-electron chi connectivity index (χ2n) is 5.94. The molecule has 1 N–H and O–H groups in total. The van der Waals surface area contributed by atoms with Gasteiger partial charge in [0.15, 0.2) is 17.1 Å². The van der Waals surface area contributed by atoms with Crippen LogP contribution in [0.2, 0.25) is 5.02 Å². The third kappa shape index (κ3) is 5.02. The van der Waals surface area contributed by atoms with E-state index in [1.165, 1.54) is 30.0 Å². The summed E-state index contributed by atoms with van der Waals surface area (Å²) in [7, 11) is 1.79. The fourth-order valence-corrected chi connectivity index (χ4v) is 3.40. The van der Waals surface area contributed by atoms with Crippen molar-refractivity contribution in [2.24, 2.45) is 7.05 Å². The molecule has 0 bridgehead atoms. The molecule has 1 heterocycles. The number of benzene rings is 2. The normalized spacial score (nSPS) is 11.9. The number of amides is 1. The van der Waals surface area contributed by atoms with Gasteiger partial charge in [0.25, 0.3) is 0 Å². The number of hydrogen-bond donors (Lipinski definition) is 1. The van der Waals surface area contributed by atoms with Crippen molar-refractivity contribution in [2.45, 2.75) is 18.2 Å². The van der Waals surface area contributed by atoms with Crippen LogP contribution in [0.25, 0.3) is 0 Å². The van der Waals surface area contributed by atoms with Crippen molar-refractivity contribution in [3.63, 3.8) is 0 Å². The first-order valence-corrected chi connectivity index (χ1v) is 9.79. The Morgan fingerprint density at radius 1 is 1.29 bits per heavy atom. The van der Waals surface area contributed by atoms with Crippen LogP contribution in [0.4, 0.5) is 10.1 Å². The van der Waals surface area contributed by atoms with Crippen LogP contribution in [-0.4, -0.2) is 26.4 Å². The summed E-state index contributed by atoms with van der Waals surface area (Å²) in [5, 5.41) is 11.8. The summed E-state index contributed by atoms with van der Waals surface area (Å²) in [6.07, 6.45) is -0.465. The summed E-state index contributed by atoms with van der Waals surface area (Å²) in [5.41, 5.74) is 0.741. The third-order valence-corrected chi connectivity index (χ3v) is 5.14. The summed E-state index contributed by atoms with van der Waals surface area (Å²) in [6, 6.07) is 13.2. The molecule has 0 aliphatic carbocycles. The van der Waals surface area contributed by atoms with Gasteiger partial charge in [0.05, 0.1) is 10.8 Å². The van der Waals surface area contributed by atoms with Gasteiger partial charge in [0.2, 0.25) is 5.91 Å². The van der Waals surface area contributed by atoms with Crippen molar-refractivity contribution in [1.82, 2.24) is 14.8 Å². The fourth-order valence-electron chi connectivity index (χ4n) is 2.47. The lowest BCUT2D eigenvalue weighted by molar-refractivity contribution is -0.113. The number of anilines is 1. The van der Waals surface area contributed by atoms with Gasteiger partial charge in [-0.25, -0.2) is 4.39 Å². The van der Waals surface area contributed by atoms with E-state index in [1.54, 1.807) is 18.5 Å². The number of nitrogens with one attached hydrogen (secondary N) is 1. The van der Waals surface area contributed by atoms with E-state index in [2.05, 4.69) is 15.5 Å². The van der Waals surface area contributed by atoms with Crippen LogP contribution in [0.3, 0.4) is 0 Å². The third-order valence-electron chi connectivity index (χ3n) is 3.82. The molecule has 3 aromatic rings. The second kappa shape index (κ2) is 9.07. The lowest BCUT2D eigenvalue weighted by atomic mass is 10.3. The molecule has 1 unspecified atom stereocenters. The fraction of sp³-hybridized carbons (Fsp3) is 0.211. The molecule has 1 amide bonds. The van der Waals surface area contributed by atoms with Crippen LogP contribution in [-0.2, 0) is 11.8 Å². The van der Waals surface area contributed by atoms with E-state index < -0.39 is 11.9 Å². The van der Waals surface area contributed by atoms with Crippen LogP contribution < -0.4 is 10.1 Å². The van der Waals surface area contributed by atoms with Crippen LogP contribution in [0.15, 0.2) is 53.7 Å². The Hall–Kier alpha value is -2.58. The Kier molecular flexibility index (Phi) is 6.53. The summed E-state index contributed by atoms with van der Waals surface area (Å²) >= 11 is 7.27. The van der Waals surface area contributed by atoms with E-state index in [4.69, 9.17) is 16.3 Å². The maximum atomic E-state index is 13.2. The lowest BCUT2D eigenvalue weighted by Gasteiger charge is -2.15. The van der Waals surface area contributed by atoms with E-state index in [1.807, 2.05) is 30.3 Å². The van der Waals surface area contributed by atoms with Crippen molar-refractivity contribution in [2.75, 3.05) is 11.1 Å². The number of rotatable bonds is 7. The molecule has 0 aliphatic heterocycles. The predicted octanol–water partition coefficient (Wildman–Crippen LogP) is 4.48. The smallest absolute Gasteiger partial charge is 0.234 e. The first kappa shape index (κ1) is 20.2. The zero-order valence-electron chi connectivity index (χ0n) is 15.2. The molecule has 28 heavy (non-hydrogen) atoms. The maximum Gasteiger partial charge on any atom is 0.234 e. The maximum absolute atomic E-state index is 13.2. The van der Waals surface area contributed by atoms with Gasteiger partial charge in [-0.3, -0.25) is 4.79 Å². The molecule has 1 atom stereocenters. The lowest BCUT2D eigenvalue weighted by Crippen LogP contribution is -2.14. The van der Waals surface area contributed by atoms with Gasteiger partial charge in [-0.15, -0.1) is 10.2 Å². The number of carbonyl (C=O) groups excluding carboxylic acids is 1. The first-order chi connectivity index (χ1) is 13.4. The van der Waals surface area contributed by atoms with Crippen molar-refractivity contribution in [3.8, 4) is 5.75 Å². The number of thioether (sulfide) groups is 1. The van der Waals surface area contributed by atoms with Crippen molar-refractivity contribution < 1.29 is 13.9 Å². The molecule has 146 valence electrons. The predicted molar refractivity (Wildman–Crippen MR) is 107 cm³/mol. The Morgan fingerprint density at radius 3 is 2.75 bits per heavy atom. The highest BCUT2D eigenvalue weighted by Gasteiger charge is 2.19. The molecule has 1 aromatic heterocycles. The first-order valence-electron chi connectivity index (χ1n) is 8.42. The van der Waals surface area contributed by atoms with Crippen LogP contribution in [0.1, 0.15) is 18.9 Å². The molecule has 3 rings (SSSR count). The average molecular weight is 421 g/mol. The Labute approximate surface area is 171 Å². The van der Waals surface area contributed by atoms with E-state index in [-0.39, 0.29) is 16.7 Å². The molecular weight excluding hydrogens is 403 g/mol. The van der Waals surface area contributed by atoms with Gasteiger partial charge in [-0.2, -0.15) is 0 Å². The molecule has 2 aromatic carbocycles. The number of aromatic nitrogens is 3. The van der Waals surface area contributed by atoms with E-state index in [0.717, 1.165) is 5.69 Å². The number of nitrogens with zero attached hydrogens (tertiary/aromatic N) is 3. The van der Waals surface area contributed by atoms with Crippen LogP contribution >= 0.6 is 23.4 Å². The summed E-state index contributed by atoms with van der Waals surface area (Å²) in [6.45, 7) is 1.79. The second-order valence-corrected chi connectivity index (χ2v) is 7.29. The van der Waals surface area contributed by atoms with Gasteiger partial charge in [0, 0.05) is 12.7 Å². The van der Waals surface area contributed by atoms with Gasteiger partial charge < -0.3 is 14.6 Å². The molecule has 0 aliphatic rings. The number of hydrogen-bond acceptors (Lipinski definition) is 5. The summed E-state index contributed by atoms with van der Waals surface area (Å²) in [4.78, 5) is 12.1. The molecule has 9 heteroatoms. The van der Waals surface area contributed by atoms with Crippen LogP contribution in [0.5, 0.6) is 5.75 Å². The van der Waals surface area contributed by atoms with Crippen molar-refractivity contribution in [3.05, 3.63) is 65.2 Å². The highest BCUT2D eigenvalue weighted by atomic mass is 35.5. The number of para-hydroxylation sites is 1. The Morgan fingerprint density at radius 2 is 2.04 bits per heavy atom. The van der Waals surface area contributed by atoms with E-state index in [9.17, 15) is 9.18 Å². The van der Waals surface area contributed by atoms with Crippen molar-refractivity contribution in [1.29, 1.82) is 0 Å². The van der Waals surface area contributed by atoms with E-state index in [0.29, 0.717) is 16.7 Å². The van der Waals surface area contributed by atoms with Crippen LogP contribution in [0, 0.1) is 5.82 Å². The summed E-state index contributed by atoms with van der Waals surface area (Å²) < 4.78 is 20.7. The Balaban J connectivity index is 1.60. The molecule has 0 saturated heterocycles. The zero-order valence-corrected chi connectivity index (χ0v) is 16.8. The molecule has 0 radical (unpaired) electrons. The molecular formula is C19H18ClFN4O2S. The SMILES string of the molecule is CC(Oc1ccc(F)cc1Cl)c1nnc(SCC(=O)Nc2ccccc2)n1C. The van der Waals surface area contributed by atoms with E-state index >= 15 is 0 Å². The molecule has 6 nitrogen and oxygen atoms in total. The summed E-state index contributed by atoms with van der Waals surface area (Å²) in [5.74, 6) is 0.542. The molecule has 0 saturated carbocycles. The number of ether oxygens (including phenoxy) is 1. The average Bonchev–Trinajstić information content (AvgIpc) is 3.04. The highest BCUT2D eigenvalue weighted by molar-refractivity contribution is 7.99. The number of halogens is 2. The molecule has 0 spiro atoms. The number of carbonyl (C=O) groups is 1. The monoisotopic (exact) mass is 420 g/mol. The Bertz CT molecular complexity index is 968. The minimum atomic E-state index is -0.465. The quantitative estimate of drug-likeness (QED) is 0.571. The van der Waals surface area contributed by atoms with Crippen molar-refractivity contribution >= 4 is 35.0 Å². The van der Waals surface area contributed by atoms with Gasteiger partial charge in [0.1, 0.15) is 11.6 Å².